The number of ether oxygens (including phenoxy) is 2. The van der Waals surface area contributed by atoms with E-state index in [1.165, 1.54) is 24.3 Å². The van der Waals surface area contributed by atoms with Crippen LogP contribution in [-0.2, 0) is 28.9 Å². The fourth-order valence-corrected chi connectivity index (χ4v) is 4.87. The summed E-state index contributed by atoms with van der Waals surface area (Å²) in [6.07, 6.45) is 3.22. The Morgan fingerprint density at radius 1 is 1.20 bits per heavy atom. The zero-order chi connectivity index (χ0) is 25.2. The van der Waals surface area contributed by atoms with E-state index >= 15 is 0 Å². The third-order valence-corrected chi connectivity index (χ3v) is 6.99. The maximum atomic E-state index is 13.0. The number of nitrogens with one attached hydrogen (secondary N) is 1. The zero-order valence-corrected chi connectivity index (χ0v) is 20.7. The second-order valence-electron chi connectivity index (χ2n) is 10.4. The van der Waals surface area contributed by atoms with E-state index in [2.05, 4.69) is 5.32 Å². The van der Waals surface area contributed by atoms with Crippen LogP contribution < -0.4 is 11.1 Å². The molecule has 2 amide bonds. The van der Waals surface area contributed by atoms with Gasteiger partial charge in [0.2, 0.25) is 5.91 Å². The molecule has 0 unspecified atom stereocenters. The molecule has 9 heteroatoms. The lowest BCUT2D eigenvalue weighted by Gasteiger charge is -2.36. The maximum absolute atomic E-state index is 13.0. The monoisotopic (exact) mass is 482 g/mol. The highest BCUT2D eigenvalue weighted by atomic mass is 16.5. The summed E-state index contributed by atoms with van der Waals surface area (Å²) in [6, 6.07) is 6.07. The molecule has 2 aliphatic rings. The van der Waals surface area contributed by atoms with Crippen LogP contribution >= 0.6 is 0 Å². The fourth-order valence-electron chi connectivity index (χ4n) is 4.87. The topological polar surface area (TPSA) is 126 Å². The van der Waals surface area contributed by atoms with Crippen LogP contribution in [0.2, 0.25) is 0 Å². The zero-order valence-electron chi connectivity index (χ0n) is 20.7. The lowest BCUT2D eigenvalue weighted by molar-refractivity contribution is 0.0145. The lowest BCUT2D eigenvalue weighted by Crippen LogP contribution is -2.41. The van der Waals surface area contributed by atoms with Crippen LogP contribution in [-0.4, -0.2) is 53.9 Å². The molecule has 35 heavy (non-hydrogen) atoms. The summed E-state index contributed by atoms with van der Waals surface area (Å²) in [7, 11) is 0. The molecule has 0 radical (unpaired) electrons. The Morgan fingerprint density at radius 3 is 2.49 bits per heavy atom. The minimum atomic E-state index is -0.549. The van der Waals surface area contributed by atoms with Gasteiger partial charge in [-0.05, 0) is 55.4 Å². The predicted octanol–water partition coefficient (Wildman–Crippen LogP) is 2.51. The van der Waals surface area contributed by atoms with Crippen molar-refractivity contribution in [3.8, 4) is 0 Å². The number of primary amides is 1. The van der Waals surface area contributed by atoms with Crippen LogP contribution in [0.1, 0.15) is 76.1 Å². The first-order valence-corrected chi connectivity index (χ1v) is 12.1. The number of fused-ring (bicyclic) bond motifs is 1. The standard InChI is InChI=1S/C26H34N4O5/c1-4-19-21-20(13-26(14-28-23(21)32)9-11-34-12-10-26)30(29-19)15-25(2,3)16-35-24(33)18-7-5-17(6-8-18)22(27)31/h5-8H,4,9-16H2,1-3H3,(H2,27,31)(H,28,32). The summed E-state index contributed by atoms with van der Waals surface area (Å²) in [5.41, 5.74) is 7.93. The molecule has 0 aliphatic carbocycles. The molecule has 0 atom stereocenters. The number of aryl methyl sites for hydroxylation is 1. The average Bonchev–Trinajstić information content (AvgIpc) is 3.10. The Kier molecular flexibility index (Phi) is 6.98. The molecule has 2 aromatic rings. The van der Waals surface area contributed by atoms with Gasteiger partial charge < -0.3 is 20.5 Å². The first-order valence-electron chi connectivity index (χ1n) is 12.1. The molecule has 0 bridgehead atoms. The summed E-state index contributed by atoms with van der Waals surface area (Å²) < 4.78 is 13.1. The summed E-state index contributed by atoms with van der Waals surface area (Å²) in [5, 5.41) is 7.95. The van der Waals surface area contributed by atoms with Crippen molar-refractivity contribution in [1.29, 1.82) is 0 Å². The highest BCUT2D eigenvalue weighted by Gasteiger charge is 2.40. The van der Waals surface area contributed by atoms with Gasteiger partial charge in [-0.3, -0.25) is 14.3 Å². The number of rotatable bonds is 7. The van der Waals surface area contributed by atoms with Gasteiger partial charge >= 0.3 is 5.97 Å². The molecule has 1 saturated heterocycles. The SMILES string of the molecule is CCc1nn(CC(C)(C)COC(=O)c2ccc(C(N)=O)cc2)c2c1C(=O)NCC1(CCOCC1)C2. The van der Waals surface area contributed by atoms with Crippen molar-refractivity contribution in [1.82, 2.24) is 15.1 Å². The van der Waals surface area contributed by atoms with E-state index in [4.69, 9.17) is 20.3 Å². The van der Waals surface area contributed by atoms with Gasteiger partial charge in [0.1, 0.15) is 0 Å². The van der Waals surface area contributed by atoms with Crippen LogP contribution in [0, 0.1) is 10.8 Å². The van der Waals surface area contributed by atoms with Crippen molar-refractivity contribution in [3.05, 3.63) is 52.3 Å². The minimum Gasteiger partial charge on any atom is -0.461 e. The van der Waals surface area contributed by atoms with E-state index in [0.717, 1.165) is 30.7 Å². The normalized spacial score (nSPS) is 17.4. The van der Waals surface area contributed by atoms with Gasteiger partial charge in [-0.1, -0.05) is 20.8 Å². The molecule has 0 saturated carbocycles. The summed E-state index contributed by atoms with van der Waals surface area (Å²) in [4.78, 5) is 36.9. The van der Waals surface area contributed by atoms with E-state index in [1.807, 2.05) is 25.5 Å². The minimum absolute atomic E-state index is 0.0321. The van der Waals surface area contributed by atoms with Gasteiger partial charge in [-0.25, -0.2) is 4.79 Å². The van der Waals surface area contributed by atoms with Gasteiger partial charge in [0.15, 0.2) is 0 Å². The number of nitrogens with zero attached hydrogens (tertiary/aromatic N) is 2. The fraction of sp³-hybridized carbons (Fsp3) is 0.538. The number of esters is 1. The molecular formula is C26H34N4O5. The van der Waals surface area contributed by atoms with Crippen LogP contribution in [0.25, 0.3) is 0 Å². The molecule has 9 nitrogen and oxygen atoms in total. The second-order valence-corrected chi connectivity index (χ2v) is 10.4. The van der Waals surface area contributed by atoms with Gasteiger partial charge in [0, 0.05) is 37.3 Å². The van der Waals surface area contributed by atoms with Crippen LogP contribution in [0.3, 0.4) is 0 Å². The number of hydrogen-bond acceptors (Lipinski definition) is 6. The molecule has 4 rings (SSSR count). The highest BCUT2D eigenvalue weighted by molar-refractivity contribution is 5.97. The third-order valence-electron chi connectivity index (χ3n) is 6.99. The maximum Gasteiger partial charge on any atom is 0.338 e. The van der Waals surface area contributed by atoms with Gasteiger partial charge in [0.25, 0.3) is 5.91 Å². The number of nitrogens with two attached hydrogens (primary N) is 1. The molecule has 1 aromatic carbocycles. The largest absolute Gasteiger partial charge is 0.461 e. The third kappa shape index (κ3) is 5.40. The lowest BCUT2D eigenvalue weighted by atomic mass is 9.76. The Hall–Kier alpha value is -3.20. The Bertz CT molecular complexity index is 1110. The quantitative estimate of drug-likeness (QED) is 0.584. The summed E-state index contributed by atoms with van der Waals surface area (Å²) >= 11 is 0. The van der Waals surface area contributed by atoms with Crippen molar-refractivity contribution in [2.75, 3.05) is 26.4 Å². The first kappa shape index (κ1) is 24.9. The van der Waals surface area contributed by atoms with Crippen LogP contribution in [0.5, 0.6) is 0 Å². The van der Waals surface area contributed by atoms with E-state index in [9.17, 15) is 14.4 Å². The Morgan fingerprint density at radius 2 is 1.86 bits per heavy atom. The number of carbonyl (C=O) groups excluding carboxylic acids is 3. The van der Waals surface area contributed by atoms with Crippen molar-refractivity contribution in [2.45, 2.75) is 53.0 Å². The number of hydrogen-bond donors (Lipinski definition) is 2. The van der Waals surface area contributed by atoms with Crippen molar-refractivity contribution < 1.29 is 23.9 Å². The molecule has 1 fully saturated rings. The number of aromatic nitrogens is 2. The van der Waals surface area contributed by atoms with E-state index in [1.54, 1.807) is 0 Å². The predicted molar refractivity (Wildman–Crippen MR) is 129 cm³/mol. The van der Waals surface area contributed by atoms with E-state index < -0.39 is 17.3 Å². The smallest absolute Gasteiger partial charge is 0.338 e. The highest BCUT2D eigenvalue weighted by Crippen LogP contribution is 2.38. The number of carbonyl (C=O) groups is 3. The average molecular weight is 483 g/mol. The summed E-state index contributed by atoms with van der Waals surface area (Å²) in [6.45, 7) is 8.74. The molecule has 1 aromatic heterocycles. The molecule has 1 spiro atoms. The second kappa shape index (κ2) is 9.81. The van der Waals surface area contributed by atoms with Gasteiger partial charge in [-0.2, -0.15) is 5.10 Å². The van der Waals surface area contributed by atoms with Crippen LogP contribution in [0.4, 0.5) is 0 Å². The first-order chi connectivity index (χ1) is 16.6. The molecule has 188 valence electrons. The summed E-state index contributed by atoms with van der Waals surface area (Å²) in [5.74, 6) is -1.08. The van der Waals surface area contributed by atoms with E-state index in [-0.39, 0.29) is 17.9 Å². The number of benzene rings is 1. The molecule has 3 N–H and O–H groups in total. The molecule has 3 heterocycles. The van der Waals surface area contributed by atoms with E-state index in [0.29, 0.717) is 49.4 Å². The number of amides is 2. The van der Waals surface area contributed by atoms with Crippen molar-refractivity contribution in [2.24, 2.45) is 16.6 Å². The van der Waals surface area contributed by atoms with Crippen LogP contribution in [0.15, 0.2) is 24.3 Å². The van der Waals surface area contributed by atoms with Crippen molar-refractivity contribution >= 4 is 17.8 Å². The Labute approximate surface area is 205 Å². The molecular weight excluding hydrogens is 448 g/mol. The van der Waals surface area contributed by atoms with Gasteiger partial charge in [0.05, 0.1) is 29.1 Å². The van der Waals surface area contributed by atoms with Crippen molar-refractivity contribution in [3.63, 3.8) is 0 Å². The Balaban J connectivity index is 1.51. The molecule has 2 aliphatic heterocycles. The van der Waals surface area contributed by atoms with Gasteiger partial charge in [-0.15, -0.1) is 0 Å².